The molecule has 2 aromatic carbocycles. The van der Waals surface area contributed by atoms with Crippen LogP contribution in [0.25, 0.3) is 21.8 Å². The number of hydrogen-bond acceptors (Lipinski definition) is 3. The highest BCUT2D eigenvalue weighted by Crippen LogP contribution is 2.29. The van der Waals surface area contributed by atoms with E-state index in [0.29, 0.717) is 6.42 Å². The van der Waals surface area contributed by atoms with Crippen LogP contribution in [0.2, 0.25) is 0 Å². The highest BCUT2D eigenvalue weighted by Gasteiger charge is 2.26. The van der Waals surface area contributed by atoms with Crippen LogP contribution in [0.1, 0.15) is 31.7 Å². The highest BCUT2D eigenvalue weighted by atomic mass is 16.1. The maximum Gasteiger partial charge on any atom is 0.157 e. The van der Waals surface area contributed by atoms with Crippen molar-refractivity contribution >= 4 is 27.6 Å². The van der Waals surface area contributed by atoms with Crippen LogP contribution in [-0.2, 0) is 4.79 Å². The van der Waals surface area contributed by atoms with E-state index in [-0.39, 0.29) is 11.8 Å². The third kappa shape index (κ3) is 1.72. The van der Waals surface area contributed by atoms with Gasteiger partial charge in [0.25, 0.3) is 0 Å². The van der Waals surface area contributed by atoms with Gasteiger partial charge in [-0.2, -0.15) is 0 Å². The predicted octanol–water partition coefficient (Wildman–Crippen LogP) is 3.27. The van der Waals surface area contributed by atoms with Crippen LogP contribution in [0.5, 0.6) is 0 Å². The molecule has 100 valence electrons. The molecule has 1 aliphatic carbocycles. The summed E-state index contributed by atoms with van der Waals surface area (Å²) >= 11 is 0. The van der Waals surface area contributed by atoms with Crippen LogP contribution < -0.4 is 0 Å². The van der Waals surface area contributed by atoms with E-state index < -0.39 is 0 Å². The minimum absolute atomic E-state index is 0.130. The molecular formula is C16H15N3O. The number of rotatable bonds is 1. The van der Waals surface area contributed by atoms with Gasteiger partial charge in [-0.25, -0.2) is 4.68 Å². The molecule has 4 nitrogen and oxygen atoms in total. The van der Waals surface area contributed by atoms with Crippen LogP contribution in [0.3, 0.4) is 0 Å². The van der Waals surface area contributed by atoms with Crippen molar-refractivity contribution in [3.05, 3.63) is 36.4 Å². The minimum atomic E-state index is -0.130. The summed E-state index contributed by atoms with van der Waals surface area (Å²) in [5, 5.41) is 10.8. The van der Waals surface area contributed by atoms with E-state index >= 15 is 0 Å². The number of Topliss-reactive ketones (excluding diaryl/α,β-unsaturated/α-hetero) is 1. The Morgan fingerprint density at radius 1 is 1.10 bits per heavy atom. The molecule has 3 aromatic rings. The summed E-state index contributed by atoms with van der Waals surface area (Å²) in [5.41, 5.74) is 1.83. The summed E-state index contributed by atoms with van der Waals surface area (Å²) in [6.07, 6.45) is 3.64. The van der Waals surface area contributed by atoms with Crippen LogP contribution in [0, 0.1) is 0 Å². The molecule has 1 aliphatic rings. The maximum atomic E-state index is 12.1. The lowest BCUT2D eigenvalue weighted by Gasteiger charge is -2.20. The second kappa shape index (κ2) is 4.40. The van der Waals surface area contributed by atoms with E-state index in [1.165, 1.54) is 0 Å². The summed E-state index contributed by atoms with van der Waals surface area (Å²) in [6.45, 7) is 0. The van der Waals surface area contributed by atoms with Crippen molar-refractivity contribution in [3.8, 4) is 0 Å². The van der Waals surface area contributed by atoms with Gasteiger partial charge in [0.1, 0.15) is 11.6 Å². The fourth-order valence-electron chi connectivity index (χ4n) is 3.08. The van der Waals surface area contributed by atoms with Crippen molar-refractivity contribution in [2.24, 2.45) is 0 Å². The molecule has 1 heterocycles. The van der Waals surface area contributed by atoms with Gasteiger partial charge in [0, 0.05) is 6.42 Å². The topological polar surface area (TPSA) is 47.8 Å². The summed E-state index contributed by atoms with van der Waals surface area (Å²) in [6, 6.07) is 12.2. The SMILES string of the molecule is O=C1CCCCC1n1nnc2cc3ccccc3cc21. The van der Waals surface area contributed by atoms with Gasteiger partial charge >= 0.3 is 0 Å². The highest BCUT2D eigenvalue weighted by molar-refractivity contribution is 5.95. The van der Waals surface area contributed by atoms with E-state index in [0.717, 1.165) is 41.1 Å². The maximum absolute atomic E-state index is 12.1. The first-order chi connectivity index (χ1) is 9.83. The fourth-order valence-corrected chi connectivity index (χ4v) is 3.08. The predicted molar refractivity (Wildman–Crippen MR) is 77.5 cm³/mol. The lowest BCUT2D eigenvalue weighted by Crippen LogP contribution is -2.23. The normalized spacial score (nSPS) is 19.8. The van der Waals surface area contributed by atoms with Crippen molar-refractivity contribution in [1.29, 1.82) is 0 Å². The smallest absolute Gasteiger partial charge is 0.157 e. The standard InChI is InChI=1S/C16H15N3O/c20-16-8-4-3-7-14(16)19-15-10-12-6-2-1-5-11(12)9-13(15)17-18-19/h1-2,5-6,9-10,14H,3-4,7-8H2. The van der Waals surface area contributed by atoms with Gasteiger partial charge in [-0.3, -0.25) is 4.79 Å². The molecule has 0 amide bonds. The van der Waals surface area contributed by atoms with Crippen molar-refractivity contribution < 1.29 is 4.79 Å². The fraction of sp³-hybridized carbons (Fsp3) is 0.312. The molecule has 0 N–H and O–H groups in total. The molecule has 0 saturated heterocycles. The largest absolute Gasteiger partial charge is 0.297 e. The Labute approximate surface area is 116 Å². The number of nitrogens with zero attached hydrogens (tertiary/aromatic N) is 3. The lowest BCUT2D eigenvalue weighted by atomic mass is 9.94. The Bertz CT molecular complexity index is 806. The summed E-state index contributed by atoms with van der Waals surface area (Å²) in [7, 11) is 0. The van der Waals surface area contributed by atoms with E-state index in [1.54, 1.807) is 0 Å². The first-order valence-corrected chi connectivity index (χ1v) is 7.09. The Hall–Kier alpha value is -2.23. The average Bonchev–Trinajstić information content (AvgIpc) is 2.88. The van der Waals surface area contributed by atoms with Crippen molar-refractivity contribution in [2.75, 3.05) is 0 Å². The van der Waals surface area contributed by atoms with E-state index in [2.05, 4.69) is 28.5 Å². The molecule has 0 spiro atoms. The first-order valence-electron chi connectivity index (χ1n) is 7.09. The monoisotopic (exact) mass is 265 g/mol. The zero-order valence-electron chi connectivity index (χ0n) is 11.1. The molecular weight excluding hydrogens is 250 g/mol. The molecule has 0 bridgehead atoms. The molecule has 0 aliphatic heterocycles. The van der Waals surface area contributed by atoms with Gasteiger partial charge in [-0.05, 0) is 35.7 Å². The molecule has 1 unspecified atom stereocenters. The number of ketones is 1. The summed E-state index contributed by atoms with van der Waals surface area (Å²) < 4.78 is 1.82. The van der Waals surface area contributed by atoms with Crippen molar-refractivity contribution in [3.63, 3.8) is 0 Å². The number of carbonyl (C=O) groups is 1. The van der Waals surface area contributed by atoms with Gasteiger partial charge in [0.2, 0.25) is 0 Å². The zero-order chi connectivity index (χ0) is 13.5. The third-order valence-corrected chi connectivity index (χ3v) is 4.16. The lowest BCUT2D eigenvalue weighted by molar-refractivity contribution is -0.124. The molecule has 1 atom stereocenters. The van der Waals surface area contributed by atoms with Crippen LogP contribution in [-0.4, -0.2) is 20.8 Å². The zero-order valence-corrected chi connectivity index (χ0v) is 11.1. The molecule has 1 aromatic heterocycles. The molecule has 1 saturated carbocycles. The van der Waals surface area contributed by atoms with Crippen molar-refractivity contribution in [1.82, 2.24) is 15.0 Å². The molecule has 20 heavy (non-hydrogen) atoms. The van der Waals surface area contributed by atoms with Gasteiger partial charge in [0.15, 0.2) is 5.78 Å². The Kier molecular flexibility index (Phi) is 2.55. The first kappa shape index (κ1) is 11.6. The van der Waals surface area contributed by atoms with E-state index in [1.807, 2.05) is 22.9 Å². The average molecular weight is 265 g/mol. The van der Waals surface area contributed by atoms with Crippen LogP contribution >= 0.6 is 0 Å². The quantitative estimate of drug-likeness (QED) is 0.678. The Morgan fingerprint density at radius 2 is 1.90 bits per heavy atom. The molecule has 4 rings (SSSR count). The number of fused-ring (bicyclic) bond motifs is 2. The van der Waals surface area contributed by atoms with Crippen molar-refractivity contribution in [2.45, 2.75) is 31.7 Å². The second-order valence-corrected chi connectivity index (χ2v) is 5.45. The Balaban J connectivity index is 1.91. The Morgan fingerprint density at radius 3 is 2.70 bits per heavy atom. The number of carbonyl (C=O) groups excluding carboxylic acids is 1. The number of hydrogen-bond donors (Lipinski definition) is 0. The van der Waals surface area contributed by atoms with Crippen LogP contribution in [0.4, 0.5) is 0 Å². The molecule has 0 radical (unpaired) electrons. The summed E-state index contributed by atoms with van der Waals surface area (Å²) in [5.74, 6) is 0.288. The second-order valence-electron chi connectivity index (χ2n) is 5.45. The van der Waals surface area contributed by atoms with Gasteiger partial charge in [-0.1, -0.05) is 35.9 Å². The van der Waals surface area contributed by atoms with E-state index in [4.69, 9.17) is 0 Å². The number of aromatic nitrogens is 3. The summed E-state index contributed by atoms with van der Waals surface area (Å²) in [4.78, 5) is 12.1. The van der Waals surface area contributed by atoms with Crippen LogP contribution in [0.15, 0.2) is 36.4 Å². The molecule has 1 fully saturated rings. The van der Waals surface area contributed by atoms with Gasteiger partial charge in [0.05, 0.1) is 5.52 Å². The molecule has 4 heteroatoms. The van der Waals surface area contributed by atoms with Gasteiger partial charge in [-0.15, -0.1) is 5.10 Å². The third-order valence-electron chi connectivity index (χ3n) is 4.16. The van der Waals surface area contributed by atoms with E-state index in [9.17, 15) is 4.79 Å². The number of benzene rings is 2. The van der Waals surface area contributed by atoms with Gasteiger partial charge < -0.3 is 0 Å². The minimum Gasteiger partial charge on any atom is -0.297 e.